The summed E-state index contributed by atoms with van der Waals surface area (Å²) in [7, 11) is 1.90. The standard InChI is InChI=1S/C11H18N4O/c1-4-15-10(16)6-8(12)11(15)9-5-7(2)14(3)13-9/h5,8,11H,4,6,12H2,1-3H3/t8-,11-/m0/s1. The van der Waals surface area contributed by atoms with Crippen LogP contribution in [0.25, 0.3) is 0 Å². The van der Waals surface area contributed by atoms with Gasteiger partial charge in [0.15, 0.2) is 0 Å². The molecule has 1 aromatic rings. The number of nitrogens with two attached hydrogens (primary N) is 1. The molecule has 1 fully saturated rings. The predicted molar refractivity (Wildman–Crippen MR) is 60.7 cm³/mol. The highest BCUT2D eigenvalue weighted by atomic mass is 16.2. The number of amides is 1. The molecule has 0 spiro atoms. The van der Waals surface area contributed by atoms with Crippen molar-refractivity contribution in [1.82, 2.24) is 14.7 Å². The molecule has 2 heterocycles. The molecule has 2 N–H and O–H groups in total. The van der Waals surface area contributed by atoms with E-state index >= 15 is 0 Å². The molecule has 0 radical (unpaired) electrons. The van der Waals surface area contributed by atoms with E-state index in [-0.39, 0.29) is 18.0 Å². The fourth-order valence-electron chi connectivity index (χ4n) is 2.30. The van der Waals surface area contributed by atoms with E-state index in [2.05, 4.69) is 5.10 Å². The molecule has 16 heavy (non-hydrogen) atoms. The average molecular weight is 222 g/mol. The summed E-state index contributed by atoms with van der Waals surface area (Å²) < 4.78 is 1.82. The summed E-state index contributed by atoms with van der Waals surface area (Å²) in [6, 6.07) is 1.81. The Hall–Kier alpha value is -1.36. The van der Waals surface area contributed by atoms with Gasteiger partial charge < -0.3 is 10.6 Å². The summed E-state index contributed by atoms with van der Waals surface area (Å²) in [5, 5.41) is 4.42. The Morgan fingerprint density at radius 3 is 2.81 bits per heavy atom. The minimum absolute atomic E-state index is 0.0580. The highest BCUT2D eigenvalue weighted by Crippen LogP contribution is 2.31. The van der Waals surface area contributed by atoms with Crippen LogP contribution in [0.3, 0.4) is 0 Å². The second-order valence-corrected chi connectivity index (χ2v) is 4.33. The Kier molecular flexibility index (Phi) is 2.71. The number of aryl methyl sites for hydroxylation is 2. The third kappa shape index (κ3) is 1.61. The van der Waals surface area contributed by atoms with E-state index in [1.165, 1.54) is 0 Å². The highest BCUT2D eigenvalue weighted by molar-refractivity contribution is 5.80. The van der Waals surface area contributed by atoms with E-state index in [9.17, 15) is 4.79 Å². The Labute approximate surface area is 95.2 Å². The summed E-state index contributed by atoms with van der Waals surface area (Å²) in [5.74, 6) is 0.128. The van der Waals surface area contributed by atoms with Crippen LogP contribution in [0.5, 0.6) is 0 Å². The number of hydrogen-bond acceptors (Lipinski definition) is 3. The normalized spacial score (nSPS) is 25.5. The van der Waals surface area contributed by atoms with Gasteiger partial charge in [0.1, 0.15) is 0 Å². The molecule has 1 aliphatic heterocycles. The first-order valence-electron chi connectivity index (χ1n) is 5.60. The number of likely N-dealkylation sites (tertiary alicyclic amines) is 1. The average Bonchev–Trinajstić information content (AvgIpc) is 2.67. The molecule has 1 amide bonds. The van der Waals surface area contributed by atoms with E-state index in [4.69, 9.17) is 5.73 Å². The quantitative estimate of drug-likeness (QED) is 0.785. The van der Waals surface area contributed by atoms with Crippen LogP contribution in [0.2, 0.25) is 0 Å². The molecule has 0 bridgehead atoms. The molecule has 88 valence electrons. The lowest BCUT2D eigenvalue weighted by Crippen LogP contribution is -2.33. The van der Waals surface area contributed by atoms with Crippen molar-refractivity contribution in [3.63, 3.8) is 0 Å². The monoisotopic (exact) mass is 222 g/mol. The lowest BCUT2D eigenvalue weighted by atomic mass is 10.1. The van der Waals surface area contributed by atoms with Gasteiger partial charge in [-0.05, 0) is 19.9 Å². The third-order valence-corrected chi connectivity index (χ3v) is 3.25. The van der Waals surface area contributed by atoms with E-state index in [0.717, 1.165) is 11.4 Å². The highest BCUT2D eigenvalue weighted by Gasteiger charge is 2.39. The largest absolute Gasteiger partial charge is 0.333 e. The van der Waals surface area contributed by atoms with Crippen LogP contribution in [0.15, 0.2) is 6.07 Å². The van der Waals surface area contributed by atoms with Gasteiger partial charge in [-0.2, -0.15) is 5.10 Å². The maximum atomic E-state index is 11.7. The Morgan fingerprint density at radius 1 is 1.62 bits per heavy atom. The SMILES string of the molecule is CCN1C(=O)C[C@H](N)[C@H]1c1cc(C)n(C)n1. The zero-order valence-electron chi connectivity index (χ0n) is 9.97. The molecule has 0 aromatic carbocycles. The minimum Gasteiger partial charge on any atom is -0.333 e. The molecular weight excluding hydrogens is 204 g/mol. The first-order valence-corrected chi connectivity index (χ1v) is 5.60. The van der Waals surface area contributed by atoms with Gasteiger partial charge in [-0.15, -0.1) is 0 Å². The molecule has 0 unspecified atom stereocenters. The maximum absolute atomic E-state index is 11.7. The molecule has 5 heteroatoms. The van der Waals surface area contributed by atoms with Crippen LogP contribution < -0.4 is 5.73 Å². The van der Waals surface area contributed by atoms with Gasteiger partial charge in [-0.3, -0.25) is 9.48 Å². The van der Waals surface area contributed by atoms with Gasteiger partial charge in [0, 0.05) is 31.7 Å². The van der Waals surface area contributed by atoms with Crippen LogP contribution in [0.1, 0.15) is 30.8 Å². The number of likely N-dealkylation sites (N-methyl/N-ethyl adjacent to an activating group) is 1. The Bertz CT molecular complexity index is 393. The van der Waals surface area contributed by atoms with E-state index in [1.54, 1.807) is 0 Å². The first kappa shape index (κ1) is 11.1. The van der Waals surface area contributed by atoms with Crippen LogP contribution in [0, 0.1) is 6.92 Å². The van der Waals surface area contributed by atoms with Gasteiger partial charge in [0.05, 0.1) is 11.7 Å². The van der Waals surface area contributed by atoms with Crippen molar-refractivity contribution in [3.8, 4) is 0 Å². The van der Waals surface area contributed by atoms with Crippen molar-refractivity contribution < 1.29 is 4.79 Å². The van der Waals surface area contributed by atoms with Gasteiger partial charge >= 0.3 is 0 Å². The molecule has 2 rings (SSSR count). The molecule has 0 saturated carbocycles. The Balaban J connectivity index is 2.35. The number of hydrogen-bond donors (Lipinski definition) is 1. The van der Waals surface area contributed by atoms with Crippen molar-refractivity contribution in [2.24, 2.45) is 12.8 Å². The topological polar surface area (TPSA) is 64.2 Å². The summed E-state index contributed by atoms with van der Waals surface area (Å²) >= 11 is 0. The predicted octanol–water partition coefficient (Wildman–Crippen LogP) is 0.349. The second-order valence-electron chi connectivity index (χ2n) is 4.33. The molecule has 1 saturated heterocycles. The molecule has 1 aromatic heterocycles. The molecular formula is C11H18N4O. The van der Waals surface area contributed by atoms with Crippen molar-refractivity contribution >= 4 is 5.91 Å². The van der Waals surface area contributed by atoms with E-state index in [0.29, 0.717) is 13.0 Å². The molecule has 5 nitrogen and oxygen atoms in total. The van der Waals surface area contributed by atoms with Crippen molar-refractivity contribution in [1.29, 1.82) is 0 Å². The van der Waals surface area contributed by atoms with Crippen LogP contribution in [-0.2, 0) is 11.8 Å². The summed E-state index contributed by atoms with van der Waals surface area (Å²) in [5.41, 5.74) is 8.00. The van der Waals surface area contributed by atoms with Crippen molar-refractivity contribution in [2.75, 3.05) is 6.54 Å². The summed E-state index contributed by atoms with van der Waals surface area (Å²) in [4.78, 5) is 13.5. The number of aromatic nitrogens is 2. The zero-order valence-corrected chi connectivity index (χ0v) is 9.97. The lowest BCUT2D eigenvalue weighted by Gasteiger charge is -2.23. The Morgan fingerprint density at radius 2 is 2.31 bits per heavy atom. The zero-order chi connectivity index (χ0) is 11.9. The van der Waals surface area contributed by atoms with E-state index < -0.39 is 0 Å². The molecule has 1 aliphatic rings. The fourth-order valence-corrected chi connectivity index (χ4v) is 2.30. The van der Waals surface area contributed by atoms with Gasteiger partial charge in [0.25, 0.3) is 0 Å². The van der Waals surface area contributed by atoms with Gasteiger partial charge in [-0.25, -0.2) is 0 Å². The summed E-state index contributed by atoms with van der Waals surface area (Å²) in [6.45, 7) is 4.65. The van der Waals surface area contributed by atoms with Gasteiger partial charge in [-0.1, -0.05) is 0 Å². The maximum Gasteiger partial charge on any atom is 0.224 e. The smallest absolute Gasteiger partial charge is 0.224 e. The van der Waals surface area contributed by atoms with Crippen molar-refractivity contribution in [2.45, 2.75) is 32.4 Å². The molecule has 0 aliphatic carbocycles. The number of carbonyl (C=O) groups is 1. The lowest BCUT2D eigenvalue weighted by molar-refractivity contribution is -0.128. The van der Waals surface area contributed by atoms with Crippen LogP contribution in [0.4, 0.5) is 0 Å². The van der Waals surface area contributed by atoms with Crippen LogP contribution >= 0.6 is 0 Å². The fraction of sp³-hybridized carbons (Fsp3) is 0.636. The van der Waals surface area contributed by atoms with E-state index in [1.807, 2.05) is 36.5 Å². The number of rotatable bonds is 2. The third-order valence-electron chi connectivity index (χ3n) is 3.25. The first-order chi connectivity index (χ1) is 7.54. The van der Waals surface area contributed by atoms with Crippen molar-refractivity contribution in [3.05, 3.63) is 17.5 Å². The van der Waals surface area contributed by atoms with Crippen LogP contribution in [-0.4, -0.2) is 33.2 Å². The molecule has 2 atom stereocenters. The second kappa shape index (κ2) is 3.90. The van der Waals surface area contributed by atoms with Gasteiger partial charge in [0.2, 0.25) is 5.91 Å². The number of carbonyl (C=O) groups excluding carboxylic acids is 1. The minimum atomic E-state index is -0.137. The number of nitrogens with zero attached hydrogens (tertiary/aromatic N) is 3. The summed E-state index contributed by atoms with van der Waals surface area (Å²) in [6.07, 6.45) is 0.425.